The third-order valence-electron chi connectivity index (χ3n) is 2.84. The number of hydrogen-bond donors (Lipinski definition) is 2. The first kappa shape index (κ1) is 18.2. The number of carbonyl (C=O) groups excluding carboxylic acids is 1. The minimum Gasteiger partial charge on any atom is -0.482 e. The molecule has 0 radical (unpaired) electrons. The van der Waals surface area contributed by atoms with Gasteiger partial charge in [0.15, 0.2) is 6.10 Å². The monoisotopic (exact) mass is 455 g/mol. The summed E-state index contributed by atoms with van der Waals surface area (Å²) >= 11 is 8.18. The molecule has 0 spiro atoms. The molecule has 23 heavy (non-hydrogen) atoms. The summed E-state index contributed by atoms with van der Waals surface area (Å²) in [6.07, 6.45) is -0.875. The van der Waals surface area contributed by atoms with Crippen molar-refractivity contribution in [2.45, 2.75) is 32.5 Å². The Labute approximate surface area is 153 Å². The van der Waals surface area contributed by atoms with E-state index in [0.717, 1.165) is 9.26 Å². The number of pyridine rings is 1. The van der Waals surface area contributed by atoms with Gasteiger partial charge in [0.1, 0.15) is 17.4 Å². The predicted molar refractivity (Wildman–Crippen MR) is 95.7 cm³/mol. The summed E-state index contributed by atoms with van der Waals surface area (Å²) in [6.45, 7) is 5.94. The fourth-order valence-corrected chi connectivity index (χ4v) is 2.72. The van der Waals surface area contributed by atoms with E-state index in [1.807, 2.05) is 0 Å². The van der Waals surface area contributed by atoms with Crippen LogP contribution in [-0.2, 0) is 4.74 Å². The Hall–Kier alpha value is -1.16. The minimum absolute atomic E-state index is 0.245. The fraction of sp³-hybridized carbons (Fsp3) is 0.571. The van der Waals surface area contributed by atoms with E-state index >= 15 is 0 Å². The van der Waals surface area contributed by atoms with Crippen LogP contribution < -0.4 is 20.1 Å². The zero-order valence-corrected chi connectivity index (χ0v) is 16.2. The lowest BCUT2D eigenvalue weighted by Crippen LogP contribution is -2.42. The third-order valence-corrected chi connectivity index (χ3v) is 4.48. The van der Waals surface area contributed by atoms with E-state index in [1.54, 1.807) is 27.8 Å². The summed E-state index contributed by atoms with van der Waals surface area (Å²) in [5.41, 5.74) is 0.188. The Morgan fingerprint density at radius 3 is 2.83 bits per heavy atom. The Morgan fingerprint density at radius 1 is 1.52 bits per heavy atom. The van der Waals surface area contributed by atoms with Crippen LogP contribution >= 0.6 is 34.2 Å². The van der Waals surface area contributed by atoms with Gasteiger partial charge in [-0.2, -0.15) is 4.98 Å². The first-order chi connectivity index (χ1) is 10.7. The molecule has 0 saturated carbocycles. The molecule has 0 bridgehead atoms. The molecule has 9 heteroatoms. The molecule has 0 fully saturated rings. The number of nitrogens with one attached hydrogen (secondary N) is 2. The second-order valence-electron chi connectivity index (χ2n) is 5.91. The minimum atomic E-state index is -0.548. The average Bonchev–Trinajstić information content (AvgIpc) is 2.45. The summed E-state index contributed by atoms with van der Waals surface area (Å²) in [6, 6.07) is 0. The van der Waals surface area contributed by atoms with Crippen molar-refractivity contribution in [2.24, 2.45) is 0 Å². The maximum Gasteiger partial charge on any atom is 0.407 e. The molecule has 1 aromatic rings. The van der Waals surface area contributed by atoms with Gasteiger partial charge in [-0.25, -0.2) is 4.79 Å². The zero-order valence-electron chi connectivity index (χ0n) is 13.3. The average molecular weight is 456 g/mol. The van der Waals surface area contributed by atoms with Gasteiger partial charge in [-0.1, -0.05) is 11.6 Å². The van der Waals surface area contributed by atoms with Crippen LogP contribution in [0.25, 0.3) is 0 Å². The van der Waals surface area contributed by atoms with E-state index in [4.69, 9.17) is 25.8 Å². The Kier molecular flexibility index (Phi) is 5.66. The fourth-order valence-electron chi connectivity index (χ4n) is 1.92. The highest BCUT2D eigenvalue weighted by atomic mass is 127. The van der Waals surface area contributed by atoms with E-state index in [2.05, 4.69) is 38.2 Å². The molecule has 0 aromatic carbocycles. The number of halogens is 2. The van der Waals surface area contributed by atoms with E-state index < -0.39 is 11.7 Å². The van der Waals surface area contributed by atoms with Crippen LogP contribution in [0.3, 0.4) is 0 Å². The Balaban J connectivity index is 2.01. The van der Waals surface area contributed by atoms with Crippen LogP contribution in [0.5, 0.6) is 11.6 Å². The number of alkyl carbamates (subject to hydrolysis) is 1. The molecular weight excluding hydrogens is 437 g/mol. The standard InChI is InChI=1S/C14H19ClIN3O4/c1-14(2,3)23-13(20)18-5-7-6-21-10-9(17-4)8(16)11(15)19-12(10)22-7/h7H,5-6H2,1-4H3,(H,17,19)(H,18,20)/t7-/m0/s1. The van der Waals surface area contributed by atoms with Crippen molar-refractivity contribution in [1.29, 1.82) is 0 Å². The van der Waals surface area contributed by atoms with E-state index in [-0.39, 0.29) is 19.3 Å². The van der Waals surface area contributed by atoms with E-state index in [0.29, 0.717) is 16.8 Å². The molecular formula is C14H19ClIN3O4. The van der Waals surface area contributed by atoms with Crippen LogP contribution in [0.15, 0.2) is 0 Å². The van der Waals surface area contributed by atoms with Crippen molar-refractivity contribution < 1.29 is 19.0 Å². The molecule has 2 heterocycles. The number of rotatable bonds is 3. The Morgan fingerprint density at radius 2 is 2.22 bits per heavy atom. The zero-order chi connectivity index (χ0) is 17.2. The predicted octanol–water partition coefficient (Wildman–Crippen LogP) is 3.05. The smallest absolute Gasteiger partial charge is 0.407 e. The van der Waals surface area contributed by atoms with Gasteiger partial charge in [0.25, 0.3) is 5.88 Å². The molecule has 1 aliphatic heterocycles. The lowest BCUT2D eigenvalue weighted by molar-refractivity contribution is 0.0445. The molecule has 128 valence electrons. The summed E-state index contributed by atoms with van der Waals surface area (Å²) in [4.78, 5) is 15.9. The number of carbonyl (C=O) groups is 1. The molecule has 1 aromatic heterocycles. The second kappa shape index (κ2) is 7.16. The summed E-state index contributed by atoms with van der Waals surface area (Å²) in [7, 11) is 1.77. The first-order valence-electron chi connectivity index (χ1n) is 7.04. The molecule has 1 aliphatic rings. The lowest BCUT2D eigenvalue weighted by atomic mass is 10.2. The van der Waals surface area contributed by atoms with E-state index in [9.17, 15) is 4.79 Å². The van der Waals surface area contributed by atoms with Gasteiger partial charge in [-0.05, 0) is 43.4 Å². The molecule has 1 atom stereocenters. The number of aromatic nitrogens is 1. The maximum atomic E-state index is 11.7. The van der Waals surface area contributed by atoms with E-state index in [1.165, 1.54) is 0 Å². The topological polar surface area (TPSA) is 81.7 Å². The van der Waals surface area contributed by atoms with Gasteiger partial charge in [-0.3, -0.25) is 0 Å². The molecule has 7 nitrogen and oxygen atoms in total. The highest BCUT2D eigenvalue weighted by Gasteiger charge is 2.28. The number of anilines is 1. The molecule has 2 N–H and O–H groups in total. The SMILES string of the molecule is CNc1c(I)c(Cl)nc2c1OC[C@H](CNC(=O)OC(C)(C)C)O2. The van der Waals surface area contributed by atoms with Crippen molar-refractivity contribution in [3.05, 3.63) is 8.72 Å². The second-order valence-corrected chi connectivity index (χ2v) is 7.35. The lowest BCUT2D eigenvalue weighted by Gasteiger charge is -2.28. The van der Waals surface area contributed by atoms with Crippen LogP contribution in [0.4, 0.5) is 10.5 Å². The number of ether oxygens (including phenoxy) is 3. The molecule has 0 aliphatic carbocycles. The van der Waals surface area contributed by atoms with Gasteiger partial charge in [0.05, 0.1) is 15.8 Å². The number of fused-ring (bicyclic) bond motifs is 1. The number of nitrogens with zero attached hydrogens (tertiary/aromatic N) is 1. The van der Waals surface area contributed by atoms with Crippen LogP contribution in [-0.4, -0.2) is 43.0 Å². The van der Waals surface area contributed by atoms with Gasteiger partial charge < -0.3 is 24.8 Å². The number of hydrogen-bond acceptors (Lipinski definition) is 6. The van der Waals surface area contributed by atoms with Crippen molar-refractivity contribution in [3.8, 4) is 11.6 Å². The molecule has 1 amide bonds. The summed E-state index contributed by atoms with van der Waals surface area (Å²) < 4.78 is 17.4. The molecule has 2 rings (SSSR count). The normalized spacial score (nSPS) is 16.7. The van der Waals surface area contributed by atoms with Gasteiger partial charge in [0.2, 0.25) is 5.75 Å². The third kappa shape index (κ3) is 4.66. The molecule has 0 saturated heterocycles. The molecule has 0 unspecified atom stereocenters. The largest absolute Gasteiger partial charge is 0.482 e. The van der Waals surface area contributed by atoms with Gasteiger partial charge in [-0.15, -0.1) is 0 Å². The highest BCUT2D eigenvalue weighted by molar-refractivity contribution is 14.1. The number of amides is 1. The maximum absolute atomic E-state index is 11.7. The van der Waals surface area contributed by atoms with Gasteiger partial charge in [0, 0.05) is 7.05 Å². The van der Waals surface area contributed by atoms with Crippen molar-refractivity contribution in [1.82, 2.24) is 10.3 Å². The first-order valence-corrected chi connectivity index (χ1v) is 8.50. The van der Waals surface area contributed by atoms with Crippen molar-refractivity contribution >= 4 is 46.0 Å². The van der Waals surface area contributed by atoms with Crippen molar-refractivity contribution in [2.75, 3.05) is 25.5 Å². The highest BCUT2D eigenvalue weighted by Crippen LogP contribution is 2.42. The Bertz CT molecular complexity index is 607. The van der Waals surface area contributed by atoms with Gasteiger partial charge >= 0.3 is 6.09 Å². The van der Waals surface area contributed by atoms with Crippen molar-refractivity contribution in [3.63, 3.8) is 0 Å². The quantitative estimate of drug-likeness (QED) is 0.539. The van der Waals surface area contributed by atoms with Crippen LogP contribution in [0.1, 0.15) is 20.8 Å². The van der Waals surface area contributed by atoms with Crippen LogP contribution in [0, 0.1) is 3.57 Å². The summed E-state index contributed by atoms with van der Waals surface area (Å²) in [5, 5.41) is 6.01. The summed E-state index contributed by atoms with van der Waals surface area (Å²) in [5.74, 6) is 0.830. The van der Waals surface area contributed by atoms with Crippen LogP contribution in [0.2, 0.25) is 5.15 Å².